The zero-order chi connectivity index (χ0) is 29.1. The van der Waals surface area contributed by atoms with E-state index in [-0.39, 0.29) is 30.7 Å². The van der Waals surface area contributed by atoms with Gasteiger partial charge in [0.25, 0.3) is 5.91 Å². The van der Waals surface area contributed by atoms with Gasteiger partial charge in [-0.3, -0.25) is 4.79 Å². The van der Waals surface area contributed by atoms with Crippen molar-refractivity contribution in [3.63, 3.8) is 0 Å². The standard InChI is InChI=1S/C27H41N7O6/c1-26(2,3)39-24(36)29-12-18-15-33(10-11-38-18)22-20-19(13-28-21(20)30-16-31-22)23(35)32-17-8-7-9-34(14-17)25(37)40-27(4,5)6/h13,16-18H,7-12,14-15H2,1-6H3,(H,29,36)(H,32,35)(H,28,30,31). The highest BCUT2D eigenvalue weighted by atomic mass is 16.6. The number of alkyl carbamates (subject to hydrolysis) is 1. The highest BCUT2D eigenvalue weighted by Gasteiger charge is 2.31. The highest BCUT2D eigenvalue weighted by Crippen LogP contribution is 2.28. The second kappa shape index (κ2) is 11.9. The summed E-state index contributed by atoms with van der Waals surface area (Å²) in [5.74, 6) is 0.343. The lowest BCUT2D eigenvalue weighted by atomic mass is 10.1. The van der Waals surface area contributed by atoms with Crippen LogP contribution in [0.1, 0.15) is 64.7 Å². The molecule has 2 aliphatic heterocycles. The average molecular weight is 560 g/mol. The quantitative estimate of drug-likeness (QED) is 0.502. The number of morpholine rings is 1. The van der Waals surface area contributed by atoms with Gasteiger partial charge in [0.1, 0.15) is 29.0 Å². The summed E-state index contributed by atoms with van der Waals surface area (Å²) in [4.78, 5) is 53.7. The lowest BCUT2D eigenvalue weighted by molar-refractivity contribution is 0.0185. The molecule has 40 heavy (non-hydrogen) atoms. The van der Waals surface area contributed by atoms with E-state index in [0.717, 1.165) is 12.8 Å². The van der Waals surface area contributed by atoms with E-state index in [2.05, 4.69) is 25.6 Å². The first-order valence-corrected chi connectivity index (χ1v) is 13.7. The minimum Gasteiger partial charge on any atom is -0.444 e. The minimum atomic E-state index is -0.590. The van der Waals surface area contributed by atoms with Crippen LogP contribution in [0, 0.1) is 0 Å². The highest BCUT2D eigenvalue weighted by molar-refractivity contribution is 6.09. The number of aromatic nitrogens is 3. The van der Waals surface area contributed by atoms with Crippen LogP contribution in [-0.4, -0.2) is 101 Å². The largest absolute Gasteiger partial charge is 0.444 e. The van der Waals surface area contributed by atoms with Gasteiger partial charge in [-0.25, -0.2) is 19.6 Å². The van der Waals surface area contributed by atoms with Crippen LogP contribution in [0.2, 0.25) is 0 Å². The molecular weight excluding hydrogens is 518 g/mol. The van der Waals surface area contributed by atoms with E-state index in [0.29, 0.717) is 55.2 Å². The number of H-pyrrole nitrogens is 1. The summed E-state index contributed by atoms with van der Waals surface area (Å²) < 4.78 is 16.7. The van der Waals surface area contributed by atoms with E-state index in [4.69, 9.17) is 14.2 Å². The maximum atomic E-state index is 13.5. The topological polar surface area (TPSA) is 151 Å². The van der Waals surface area contributed by atoms with Gasteiger partial charge in [-0.2, -0.15) is 0 Å². The number of fused-ring (bicyclic) bond motifs is 1. The molecule has 0 spiro atoms. The minimum absolute atomic E-state index is 0.210. The lowest BCUT2D eigenvalue weighted by Gasteiger charge is -2.35. The number of nitrogens with one attached hydrogen (secondary N) is 3. The number of nitrogens with zero attached hydrogens (tertiary/aromatic N) is 4. The van der Waals surface area contributed by atoms with Crippen LogP contribution in [0.25, 0.3) is 11.0 Å². The van der Waals surface area contributed by atoms with Crippen LogP contribution >= 0.6 is 0 Å². The number of amides is 3. The molecule has 220 valence electrons. The van der Waals surface area contributed by atoms with Crippen molar-refractivity contribution in [2.24, 2.45) is 0 Å². The predicted molar refractivity (Wildman–Crippen MR) is 148 cm³/mol. The van der Waals surface area contributed by atoms with Crippen molar-refractivity contribution in [3.05, 3.63) is 18.1 Å². The van der Waals surface area contributed by atoms with Gasteiger partial charge >= 0.3 is 12.2 Å². The summed E-state index contributed by atoms with van der Waals surface area (Å²) in [5, 5.41) is 6.45. The third-order valence-electron chi connectivity index (χ3n) is 6.41. The third kappa shape index (κ3) is 7.74. The zero-order valence-electron chi connectivity index (χ0n) is 24.2. The van der Waals surface area contributed by atoms with E-state index in [1.54, 1.807) is 11.1 Å². The number of hydrogen-bond donors (Lipinski definition) is 3. The second-order valence-corrected chi connectivity index (χ2v) is 12.2. The molecular formula is C27H41N7O6. The van der Waals surface area contributed by atoms with Gasteiger partial charge in [0.05, 0.1) is 23.7 Å². The molecule has 2 saturated heterocycles. The van der Waals surface area contributed by atoms with Crippen molar-refractivity contribution in [2.45, 2.75) is 77.7 Å². The summed E-state index contributed by atoms with van der Waals surface area (Å²) >= 11 is 0. The molecule has 13 nitrogen and oxygen atoms in total. The van der Waals surface area contributed by atoms with E-state index in [1.165, 1.54) is 6.33 Å². The van der Waals surface area contributed by atoms with Crippen molar-refractivity contribution in [1.82, 2.24) is 30.5 Å². The molecule has 3 N–H and O–H groups in total. The molecule has 2 aromatic heterocycles. The summed E-state index contributed by atoms with van der Waals surface area (Å²) in [6.45, 7) is 13.6. The molecule has 0 bridgehead atoms. The van der Waals surface area contributed by atoms with Gasteiger partial charge in [-0.05, 0) is 54.4 Å². The number of anilines is 1. The molecule has 2 unspecified atom stereocenters. The van der Waals surface area contributed by atoms with Crippen LogP contribution in [0.4, 0.5) is 15.4 Å². The van der Waals surface area contributed by atoms with Gasteiger partial charge in [0.15, 0.2) is 0 Å². The van der Waals surface area contributed by atoms with Crippen LogP contribution in [0.15, 0.2) is 12.5 Å². The molecule has 0 aliphatic carbocycles. The first kappa shape index (κ1) is 29.4. The SMILES string of the molecule is CC(C)(C)OC(=O)NCC1CN(c2ncnc3[nH]cc(C(=O)NC4CCCN(C(=O)OC(C)(C)C)C4)c23)CCO1. The summed E-state index contributed by atoms with van der Waals surface area (Å²) in [5.41, 5.74) is -0.204. The summed E-state index contributed by atoms with van der Waals surface area (Å²) in [7, 11) is 0. The van der Waals surface area contributed by atoms with Crippen LogP contribution in [0.5, 0.6) is 0 Å². The maximum absolute atomic E-state index is 13.5. The van der Waals surface area contributed by atoms with Gasteiger partial charge in [-0.1, -0.05) is 0 Å². The zero-order valence-corrected chi connectivity index (χ0v) is 24.2. The van der Waals surface area contributed by atoms with E-state index in [1.807, 2.05) is 46.4 Å². The molecule has 4 rings (SSSR count). The van der Waals surface area contributed by atoms with Crippen LogP contribution in [-0.2, 0) is 14.2 Å². The molecule has 0 saturated carbocycles. The van der Waals surface area contributed by atoms with Gasteiger partial charge in [0.2, 0.25) is 0 Å². The van der Waals surface area contributed by atoms with Crippen LogP contribution in [0.3, 0.4) is 0 Å². The average Bonchev–Trinajstić information content (AvgIpc) is 3.30. The molecule has 13 heteroatoms. The van der Waals surface area contributed by atoms with Crippen molar-refractivity contribution in [3.8, 4) is 0 Å². The Morgan fingerprint density at radius 3 is 2.55 bits per heavy atom. The van der Waals surface area contributed by atoms with Gasteiger partial charge in [-0.15, -0.1) is 0 Å². The Hall–Kier alpha value is -3.61. The first-order chi connectivity index (χ1) is 18.8. The van der Waals surface area contributed by atoms with E-state index < -0.39 is 17.3 Å². The van der Waals surface area contributed by atoms with Gasteiger partial charge < -0.3 is 39.6 Å². The molecule has 2 aliphatic rings. The molecule has 2 aromatic rings. The van der Waals surface area contributed by atoms with Crippen LogP contribution < -0.4 is 15.5 Å². The number of hydrogen-bond acceptors (Lipinski definition) is 9. The van der Waals surface area contributed by atoms with E-state index >= 15 is 0 Å². The molecule has 2 fully saturated rings. The fourth-order valence-corrected chi connectivity index (χ4v) is 4.76. The Labute approximate surface area is 234 Å². The number of rotatable bonds is 5. The van der Waals surface area contributed by atoms with Gasteiger partial charge in [0, 0.05) is 45.0 Å². The Morgan fingerprint density at radius 1 is 1.07 bits per heavy atom. The van der Waals surface area contributed by atoms with Crippen molar-refractivity contribution < 1.29 is 28.6 Å². The molecule has 0 aromatic carbocycles. The Balaban J connectivity index is 1.43. The normalized spacial score (nSPS) is 20.2. The number of carbonyl (C=O) groups excluding carboxylic acids is 3. The molecule has 3 amide bonds. The predicted octanol–water partition coefficient (Wildman–Crippen LogP) is 2.82. The lowest BCUT2D eigenvalue weighted by Crippen LogP contribution is -2.50. The number of likely N-dealkylation sites (tertiary alicyclic amines) is 1. The van der Waals surface area contributed by atoms with Crippen molar-refractivity contribution in [2.75, 3.05) is 44.2 Å². The third-order valence-corrected chi connectivity index (χ3v) is 6.41. The summed E-state index contributed by atoms with van der Waals surface area (Å²) in [6.07, 6.45) is 3.44. The number of carbonyl (C=O) groups is 3. The Morgan fingerprint density at radius 2 is 1.82 bits per heavy atom. The number of aromatic amines is 1. The smallest absolute Gasteiger partial charge is 0.410 e. The first-order valence-electron chi connectivity index (χ1n) is 13.7. The van der Waals surface area contributed by atoms with E-state index in [9.17, 15) is 14.4 Å². The second-order valence-electron chi connectivity index (χ2n) is 12.2. The Kier molecular flexibility index (Phi) is 8.71. The van der Waals surface area contributed by atoms with Crippen molar-refractivity contribution >= 4 is 34.9 Å². The molecule has 2 atom stereocenters. The molecule has 4 heterocycles. The number of piperidine rings is 1. The monoisotopic (exact) mass is 559 g/mol. The molecule has 0 radical (unpaired) electrons. The summed E-state index contributed by atoms with van der Waals surface area (Å²) in [6, 6.07) is -0.210. The number of ether oxygens (including phenoxy) is 3. The fraction of sp³-hybridized carbons (Fsp3) is 0.667. The maximum Gasteiger partial charge on any atom is 0.410 e. The van der Waals surface area contributed by atoms with Crippen molar-refractivity contribution in [1.29, 1.82) is 0 Å². The fourth-order valence-electron chi connectivity index (χ4n) is 4.76. The Bertz CT molecular complexity index is 1220.